The molecule has 0 aromatic carbocycles. The summed E-state index contributed by atoms with van der Waals surface area (Å²) in [5.41, 5.74) is -1.05. The molecule has 2 rings (SSSR count). The lowest BCUT2D eigenvalue weighted by Crippen LogP contribution is -2.36. The van der Waals surface area contributed by atoms with E-state index in [1.807, 2.05) is 20.8 Å². The summed E-state index contributed by atoms with van der Waals surface area (Å²) in [5.74, 6) is 0. The first-order valence-electron chi connectivity index (χ1n) is 9.66. The standard InChI is InChI=1S/C10H19NO4.C9H17NO4.CH4/c1-10(2,3)15-9(13)11-5-7(12)8(6-11)14-4;1-9(2,3)14-8(13)10-4-6(11)7(12)5-10;/h7-8,12H,5-6H2,1-4H3;6-7,11-12H,4-5H2,1-3H3;1H4/t7-,8+;6-,7+;/m1../s1. The van der Waals surface area contributed by atoms with Crippen LogP contribution in [0.3, 0.4) is 0 Å². The average Bonchev–Trinajstić information content (AvgIpc) is 3.08. The van der Waals surface area contributed by atoms with E-state index in [4.69, 9.17) is 14.2 Å². The largest absolute Gasteiger partial charge is 0.444 e. The van der Waals surface area contributed by atoms with E-state index in [-0.39, 0.29) is 33.2 Å². The number of amides is 2. The van der Waals surface area contributed by atoms with Crippen LogP contribution in [0.1, 0.15) is 49.0 Å². The maximum absolute atomic E-state index is 11.6. The van der Waals surface area contributed by atoms with Crippen LogP contribution in [-0.2, 0) is 14.2 Å². The number of carbonyl (C=O) groups excluding carboxylic acids is 2. The molecule has 0 saturated carbocycles. The molecule has 0 unspecified atom stereocenters. The molecule has 2 fully saturated rings. The number of rotatable bonds is 1. The van der Waals surface area contributed by atoms with Gasteiger partial charge in [-0.3, -0.25) is 0 Å². The number of ether oxygens (including phenoxy) is 3. The van der Waals surface area contributed by atoms with Crippen LogP contribution in [0.4, 0.5) is 9.59 Å². The highest BCUT2D eigenvalue weighted by Crippen LogP contribution is 2.17. The van der Waals surface area contributed by atoms with Gasteiger partial charge in [-0.15, -0.1) is 0 Å². The number of likely N-dealkylation sites (tertiary alicyclic amines) is 2. The fourth-order valence-electron chi connectivity index (χ4n) is 2.71. The molecule has 0 radical (unpaired) electrons. The SMILES string of the molecule is C.CC(C)(C)OC(=O)N1C[C@@H](O)[C@@H](O)C1.CO[C@H]1CN(C(=O)OC(C)(C)C)C[C@H]1O. The highest BCUT2D eigenvalue weighted by atomic mass is 16.6. The Morgan fingerprint density at radius 3 is 1.37 bits per heavy atom. The lowest BCUT2D eigenvalue weighted by atomic mass is 10.2. The van der Waals surface area contributed by atoms with Gasteiger partial charge >= 0.3 is 12.2 Å². The fourth-order valence-corrected chi connectivity index (χ4v) is 2.71. The number of nitrogens with zero attached hydrogens (tertiary/aromatic N) is 2. The Balaban J connectivity index is 0.000000544. The van der Waals surface area contributed by atoms with Crippen LogP contribution in [0.2, 0.25) is 0 Å². The highest BCUT2D eigenvalue weighted by molar-refractivity contribution is 5.69. The summed E-state index contributed by atoms with van der Waals surface area (Å²) >= 11 is 0. The zero-order valence-electron chi connectivity index (χ0n) is 18.4. The molecule has 2 amide bonds. The molecule has 4 atom stereocenters. The van der Waals surface area contributed by atoms with Crippen molar-refractivity contribution in [1.82, 2.24) is 9.80 Å². The Bertz CT molecular complexity index is 548. The third kappa shape index (κ3) is 9.46. The molecule has 0 bridgehead atoms. The van der Waals surface area contributed by atoms with Gasteiger partial charge in [-0.2, -0.15) is 0 Å². The van der Waals surface area contributed by atoms with Gasteiger partial charge in [0.05, 0.1) is 44.5 Å². The van der Waals surface area contributed by atoms with Gasteiger partial charge in [-0.25, -0.2) is 9.59 Å². The molecule has 2 heterocycles. The third-order valence-electron chi connectivity index (χ3n) is 4.10. The molecule has 10 nitrogen and oxygen atoms in total. The van der Waals surface area contributed by atoms with Crippen LogP contribution in [0.5, 0.6) is 0 Å². The molecule has 0 aromatic heterocycles. The summed E-state index contributed by atoms with van der Waals surface area (Å²) in [5, 5.41) is 28.0. The number of hydrogen-bond acceptors (Lipinski definition) is 8. The van der Waals surface area contributed by atoms with Gasteiger partial charge in [0, 0.05) is 7.11 Å². The Morgan fingerprint density at radius 2 is 1.07 bits per heavy atom. The molecule has 3 N–H and O–H groups in total. The van der Waals surface area contributed by atoms with Crippen molar-refractivity contribution in [2.24, 2.45) is 0 Å². The first-order valence-corrected chi connectivity index (χ1v) is 9.66. The molecular formula is C20H40N2O8. The normalized spacial score (nSPS) is 26.5. The maximum atomic E-state index is 11.6. The van der Waals surface area contributed by atoms with Crippen LogP contribution in [0.15, 0.2) is 0 Å². The van der Waals surface area contributed by atoms with E-state index in [1.165, 1.54) is 16.9 Å². The quantitative estimate of drug-likeness (QED) is 0.559. The van der Waals surface area contributed by atoms with Crippen LogP contribution in [0.25, 0.3) is 0 Å². The van der Waals surface area contributed by atoms with E-state index in [1.54, 1.807) is 20.8 Å². The van der Waals surface area contributed by atoms with E-state index >= 15 is 0 Å². The molecular weight excluding hydrogens is 396 g/mol. The minimum Gasteiger partial charge on any atom is -0.444 e. The predicted molar refractivity (Wildman–Crippen MR) is 111 cm³/mol. The van der Waals surface area contributed by atoms with Gasteiger partial charge in [-0.1, -0.05) is 7.43 Å². The Hall–Kier alpha value is -1.62. The highest BCUT2D eigenvalue weighted by Gasteiger charge is 2.36. The van der Waals surface area contributed by atoms with E-state index in [0.717, 1.165) is 0 Å². The van der Waals surface area contributed by atoms with Crippen LogP contribution in [0, 0.1) is 0 Å². The van der Waals surface area contributed by atoms with Crippen molar-refractivity contribution >= 4 is 12.2 Å². The van der Waals surface area contributed by atoms with Crippen molar-refractivity contribution in [3.05, 3.63) is 0 Å². The second-order valence-electron chi connectivity index (χ2n) is 9.25. The number of aliphatic hydroxyl groups is 3. The lowest BCUT2D eigenvalue weighted by molar-refractivity contribution is 0.0199. The molecule has 0 aromatic rings. The van der Waals surface area contributed by atoms with Crippen LogP contribution < -0.4 is 0 Å². The number of hydrogen-bond donors (Lipinski definition) is 3. The van der Waals surface area contributed by atoms with E-state index in [9.17, 15) is 24.9 Å². The van der Waals surface area contributed by atoms with Crippen molar-refractivity contribution in [3.63, 3.8) is 0 Å². The predicted octanol–water partition coefficient (Wildman–Crippen LogP) is 1.21. The van der Waals surface area contributed by atoms with Gasteiger partial charge in [0.15, 0.2) is 0 Å². The third-order valence-corrected chi connectivity index (χ3v) is 4.10. The van der Waals surface area contributed by atoms with Crippen LogP contribution in [-0.4, -0.2) is 106 Å². The van der Waals surface area contributed by atoms with Crippen molar-refractivity contribution in [2.75, 3.05) is 33.3 Å². The second kappa shape index (κ2) is 11.1. The minimum absolute atomic E-state index is 0. The molecule has 10 heteroatoms. The summed E-state index contributed by atoms with van der Waals surface area (Å²) in [7, 11) is 1.52. The summed E-state index contributed by atoms with van der Waals surface area (Å²) in [6.45, 7) is 11.7. The van der Waals surface area contributed by atoms with Gasteiger partial charge in [-0.05, 0) is 41.5 Å². The van der Waals surface area contributed by atoms with Gasteiger partial charge in [0.2, 0.25) is 0 Å². The zero-order chi connectivity index (χ0) is 22.6. The molecule has 2 saturated heterocycles. The van der Waals surface area contributed by atoms with E-state index < -0.39 is 41.7 Å². The minimum atomic E-state index is -0.859. The Kier molecular flexibility index (Phi) is 10.5. The molecule has 2 aliphatic heterocycles. The lowest BCUT2D eigenvalue weighted by Gasteiger charge is -2.24. The topological polar surface area (TPSA) is 129 Å². The number of aliphatic hydroxyl groups excluding tert-OH is 3. The van der Waals surface area contributed by atoms with Crippen molar-refractivity contribution < 1.29 is 39.1 Å². The van der Waals surface area contributed by atoms with Crippen molar-refractivity contribution in [3.8, 4) is 0 Å². The zero-order valence-corrected chi connectivity index (χ0v) is 18.4. The van der Waals surface area contributed by atoms with Crippen LogP contribution >= 0.6 is 0 Å². The first kappa shape index (κ1) is 28.4. The maximum Gasteiger partial charge on any atom is 0.410 e. The molecule has 0 spiro atoms. The monoisotopic (exact) mass is 436 g/mol. The number of β-amino-alcohol motifs (C(OH)–C–C–N with tert-alkyl or cyclic N) is 3. The summed E-state index contributed by atoms with van der Waals surface area (Å²) in [6.07, 6.45) is -3.54. The molecule has 0 aliphatic carbocycles. The molecule has 178 valence electrons. The fraction of sp³-hybridized carbons (Fsp3) is 0.900. The number of methoxy groups -OCH3 is 1. The first-order chi connectivity index (χ1) is 13.1. The molecule has 30 heavy (non-hydrogen) atoms. The summed E-state index contributed by atoms with van der Waals surface area (Å²) < 4.78 is 15.3. The number of carbonyl (C=O) groups is 2. The Morgan fingerprint density at radius 1 is 0.733 bits per heavy atom. The second-order valence-corrected chi connectivity index (χ2v) is 9.25. The Labute approximate surface area is 179 Å². The van der Waals surface area contributed by atoms with Gasteiger partial charge < -0.3 is 39.3 Å². The summed E-state index contributed by atoms with van der Waals surface area (Å²) in [6, 6.07) is 0. The van der Waals surface area contributed by atoms with Gasteiger partial charge in [0.25, 0.3) is 0 Å². The molecule has 2 aliphatic rings. The van der Waals surface area contributed by atoms with Gasteiger partial charge in [0.1, 0.15) is 17.3 Å². The smallest absolute Gasteiger partial charge is 0.410 e. The van der Waals surface area contributed by atoms with E-state index in [0.29, 0.717) is 6.54 Å². The average molecular weight is 437 g/mol. The van der Waals surface area contributed by atoms with Crippen molar-refractivity contribution in [2.45, 2.75) is 84.6 Å². The van der Waals surface area contributed by atoms with E-state index in [2.05, 4.69) is 0 Å². The van der Waals surface area contributed by atoms with Crippen molar-refractivity contribution in [1.29, 1.82) is 0 Å². The summed E-state index contributed by atoms with van der Waals surface area (Å²) in [4.78, 5) is 25.8.